The minimum atomic E-state index is -0.399. The Morgan fingerprint density at radius 1 is 1.02 bits per heavy atom. The van der Waals surface area contributed by atoms with E-state index in [0.717, 1.165) is 34.9 Å². The van der Waals surface area contributed by atoms with Crippen LogP contribution in [0.4, 0.5) is 10.1 Å². The SMILES string of the molecule is CCCCC(=O)Nc1cncc(-c2cnc3n[nH]c(-c4nc5nccc(-c6cc(F)cc(OCCN(C)C)c6)c5[nH]4)c3c2)c1. The van der Waals surface area contributed by atoms with Crippen molar-refractivity contribution in [1.82, 2.24) is 40.0 Å². The van der Waals surface area contributed by atoms with Gasteiger partial charge in [-0.15, -0.1) is 0 Å². The highest BCUT2D eigenvalue weighted by Crippen LogP contribution is 2.33. The Morgan fingerprint density at radius 2 is 1.89 bits per heavy atom. The standard InChI is InChI=1S/C32H32FN9O2/c1-4-5-6-27(43)37-23-12-20(16-34-18-23)21-14-26-29(40-41-30(26)36-17-21)32-38-28-25(7-8-35-31(28)39-32)19-11-22(33)15-24(13-19)44-10-9-42(2)3/h7-8,11-18H,4-6,9-10H2,1-3H3,(H,37,43)(H,35,38,39)(H,36,40,41). The first-order valence-corrected chi connectivity index (χ1v) is 14.4. The number of anilines is 1. The van der Waals surface area contributed by atoms with Crippen LogP contribution in [0.3, 0.4) is 0 Å². The summed E-state index contributed by atoms with van der Waals surface area (Å²) in [4.78, 5) is 35.6. The van der Waals surface area contributed by atoms with E-state index < -0.39 is 5.82 Å². The molecule has 0 fully saturated rings. The van der Waals surface area contributed by atoms with E-state index in [1.807, 2.05) is 50.2 Å². The predicted octanol–water partition coefficient (Wildman–Crippen LogP) is 5.83. The Balaban J connectivity index is 1.33. The van der Waals surface area contributed by atoms with Gasteiger partial charge in [0.1, 0.15) is 23.9 Å². The molecule has 0 unspecified atom stereocenters. The van der Waals surface area contributed by atoms with Gasteiger partial charge in [0.2, 0.25) is 5.91 Å². The van der Waals surface area contributed by atoms with Crippen molar-refractivity contribution in [2.45, 2.75) is 26.2 Å². The van der Waals surface area contributed by atoms with Gasteiger partial charge in [0.05, 0.1) is 22.8 Å². The number of fused-ring (bicyclic) bond motifs is 2. The van der Waals surface area contributed by atoms with Crippen LogP contribution in [0.15, 0.2) is 61.2 Å². The van der Waals surface area contributed by atoms with Crippen molar-refractivity contribution in [2.24, 2.45) is 0 Å². The second kappa shape index (κ2) is 12.6. The van der Waals surface area contributed by atoms with Crippen molar-refractivity contribution >= 4 is 33.8 Å². The molecule has 11 nitrogen and oxygen atoms in total. The minimum absolute atomic E-state index is 0.0410. The molecule has 0 atom stereocenters. The number of carbonyl (C=O) groups is 1. The summed E-state index contributed by atoms with van der Waals surface area (Å²) in [6, 6.07) is 10.3. The number of hydrogen-bond donors (Lipinski definition) is 3. The van der Waals surface area contributed by atoms with Gasteiger partial charge in [0.15, 0.2) is 17.1 Å². The summed E-state index contributed by atoms with van der Waals surface area (Å²) in [6.45, 7) is 3.20. The van der Waals surface area contributed by atoms with Gasteiger partial charge < -0.3 is 19.9 Å². The summed E-state index contributed by atoms with van der Waals surface area (Å²) < 4.78 is 20.4. The molecule has 0 radical (unpaired) electrons. The molecule has 3 N–H and O–H groups in total. The number of halogens is 1. The molecule has 0 spiro atoms. The van der Waals surface area contributed by atoms with Crippen molar-refractivity contribution in [3.63, 3.8) is 0 Å². The van der Waals surface area contributed by atoms with Gasteiger partial charge in [-0.2, -0.15) is 5.10 Å². The van der Waals surface area contributed by atoms with Crippen LogP contribution in [0, 0.1) is 5.82 Å². The number of rotatable bonds is 11. The smallest absolute Gasteiger partial charge is 0.224 e. The lowest BCUT2D eigenvalue weighted by atomic mass is 10.1. The first-order chi connectivity index (χ1) is 21.4. The third kappa shape index (κ3) is 6.25. The van der Waals surface area contributed by atoms with Crippen LogP contribution >= 0.6 is 0 Å². The van der Waals surface area contributed by atoms with E-state index in [0.29, 0.717) is 64.9 Å². The maximum Gasteiger partial charge on any atom is 0.224 e. The molecule has 6 rings (SSSR count). The van der Waals surface area contributed by atoms with Gasteiger partial charge in [0, 0.05) is 54.3 Å². The molecule has 1 amide bonds. The summed E-state index contributed by atoms with van der Waals surface area (Å²) in [5.74, 6) is 0.518. The van der Waals surface area contributed by atoms with E-state index >= 15 is 0 Å². The first-order valence-electron chi connectivity index (χ1n) is 14.4. The van der Waals surface area contributed by atoms with Crippen LogP contribution in [-0.4, -0.2) is 73.2 Å². The molecule has 6 aromatic rings. The molecule has 1 aromatic carbocycles. The van der Waals surface area contributed by atoms with Crippen LogP contribution in [0.25, 0.3) is 56.0 Å². The molecular weight excluding hydrogens is 561 g/mol. The van der Waals surface area contributed by atoms with Crippen LogP contribution in [0.1, 0.15) is 26.2 Å². The first kappa shape index (κ1) is 28.9. The van der Waals surface area contributed by atoms with Crippen molar-refractivity contribution in [3.05, 3.63) is 67.0 Å². The average Bonchev–Trinajstić information content (AvgIpc) is 3.63. The van der Waals surface area contributed by atoms with E-state index in [1.165, 1.54) is 12.1 Å². The quantitative estimate of drug-likeness (QED) is 0.171. The lowest BCUT2D eigenvalue weighted by molar-refractivity contribution is -0.116. The maximum atomic E-state index is 14.6. The molecule has 0 saturated heterocycles. The van der Waals surface area contributed by atoms with Gasteiger partial charge in [0.25, 0.3) is 0 Å². The highest BCUT2D eigenvalue weighted by atomic mass is 19.1. The number of benzene rings is 1. The molecule has 44 heavy (non-hydrogen) atoms. The summed E-state index contributed by atoms with van der Waals surface area (Å²) in [7, 11) is 3.91. The van der Waals surface area contributed by atoms with E-state index in [9.17, 15) is 9.18 Å². The van der Waals surface area contributed by atoms with Gasteiger partial charge >= 0.3 is 0 Å². The third-order valence-corrected chi connectivity index (χ3v) is 7.14. The lowest BCUT2D eigenvalue weighted by Gasteiger charge is -2.12. The Kier molecular flexibility index (Phi) is 8.24. The second-order valence-corrected chi connectivity index (χ2v) is 10.8. The number of unbranched alkanes of at least 4 members (excludes halogenated alkanes) is 1. The minimum Gasteiger partial charge on any atom is -0.492 e. The Hall–Kier alpha value is -5.23. The van der Waals surface area contributed by atoms with Gasteiger partial charge in [-0.3, -0.25) is 14.9 Å². The maximum absolute atomic E-state index is 14.6. The largest absolute Gasteiger partial charge is 0.492 e. The predicted molar refractivity (Wildman–Crippen MR) is 168 cm³/mol. The molecule has 0 saturated carbocycles. The van der Waals surface area contributed by atoms with E-state index in [2.05, 4.69) is 35.5 Å². The number of imidazole rings is 1. The van der Waals surface area contributed by atoms with Crippen LogP contribution < -0.4 is 10.1 Å². The molecule has 224 valence electrons. The Labute approximate surface area is 252 Å². The number of pyridine rings is 3. The van der Waals surface area contributed by atoms with Gasteiger partial charge in [-0.05, 0) is 56.4 Å². The molecule has 12 heteroatoms. The number of nitrogens with zero attached hydrogens (tertiary/aromatic N) is 6. The molecule has 0 aliphatic carbocycles. The number of nitrogens with one attached hydrogen (secondary N) is 3. The van der Waals surface area contributed by atoms with Crippen LogP contribution in [-0.2, 0) is 4.79 Å². The number of aromatic amines is 2. The Morgan fingerprint density at radius 3 is 2.73 bits per heavy atom. The topological polar surface area (TPSA) is 138 Å². The van der Waals surface area contributed by atoms with E-state index in [4.69, 9.17) is 9.72 Å². The van der Waals surface area contributed by atoms with Gasteiger partial charge in [-0.25, -0.2) is 19.3 Å². The highest BCUT2D eigenvalue weighted by molar-refractivity contribution is 5.96. The van der Waals surface area contributed by atoms with E-state index in [-0.39, 0.29) is 5.91 Å². The fourth-order valence-electron chi connectivity index (χ4n) is 4.88. The average molecular weight is 594 g/mol. The molecular formula is C32H32FN9O2. The zero-order valence-electron chi connectivity index (χ0n) is 24.7. The lowest BCUT2D eigenvalue weighted by Crippen LogP contribution is -2.19. The number of likely N-dealkylation sites (N-methyl/N-ethyl adjacent to an activating group) is 1. The number of carbonyl (C=O) groups excluding carboxylic acids is 1. The number of hydrogen-bond acceptors (Lipinski definition) is 8. The number of H-pyrrole nitrogens is 2. The molecule has 5 heterocycles. The van der Waals surface area contributed by atoms with Crippen molar-refractivity contribution in [2.75, 3.05) is 32.6 Å². The summed E-state index contributed by atoms with van der Waals surface area (Å²) in [6.07, 6.45) is 8.95. The fourth-order valence-corrected chi connectivity index (χ4v) is 4.88. The van der Waals surface area contributed by atoms with Crippen LogP contribution in [0.5, 0.6) is 5.75 Å². The highest BCUT2D eigenvalue weighted by Gasteiger charge is 2.18. The Bertz CT molecular complexity index is 1950. The van der Waals surface area contributed by atoms with Crippen molar-refractivity contribution < 1.29 is 13.9 Å². The zero-order valence-corrected chi connectivity index (χ0v) is 24.7. The van der Waals surface area contributed by atoms with Crippen molar-refractivity contribution in [1.29, 1.82) is 0 Å². The van der Waals surface area contributed by atoms with Crippen molar-refractivity contribution in [3.8, 4) is 39.5 Å². The fraction of sp³-hybridized carbons (Fsp3) is 0.250. The summed E-state index contributed by atoms with van der Waals surface area (Å²) in [5.41, 5.74) is 5.85. The summed E-state index contributed by atoms with van der Waals surface area (Å²) >= 11 is 0. The third-order valence-electron chi connectivity index (χ3n) is 7.14. The summed E-state index contributed by atoms with van der Waals surface area (Å²) in [5, 5.41) is 11.1. The molecule has 0 aliphatic rings. The normalized spacial score (nSPS) is 11.5. The zero-order chi connectivity index (χ0) is 30.6. The number of ether oxygens (including phenoxy) is 1. The molecule has 5 aromatic heterocycles. The number of aromatic nitrogens is 7. The number of amides is 1. The molecule has 0 aliphatic heterocycles. The molecule has 0 bridgehead atoms. The van der Waals surface area contributed by atoms with Gasteiger partial charge in [-0.1, -0.05) is 13.3 Å². The monoisotopic (exact) mass is 593 g/mol. The van der Waals surface area contributed by atoms with Crippen LogP contribution in [0.2, 0.25) is 0 Å². The second-order valence-electron chi connectivity index (χ2n) is 10.8. The van der Waals surface area contributed by atoms with E-state index in [1.54, 1.807) is 24.8 Å².